The Balaban J connectivity index is 2.27. The van der Waals surface area contributed by atoms with Crippen LogP contribution in [0.4, 0.5) is 5.82 Å². The molecule has 1 aromatic carbocycles. The molecule has 0 amide bonds. The van der Waals surface area contributed by atoms with Gasteiger partial charge in [-0.3, -0.25) is 4.99 Å². The van der Waals surface area contributed by atoms with Gasteiger partial charge in [-0.2, -0.15) is 0 Å². The van der Waals surface area contributed by atoms with Crippen LogP contribution in [-0.2, 0) is 0 Å². The van der Waals surface area contributed by atoms with Gasteiger partial charge in [-0.05, 0) is 43.9 Å². The highest BCUT2D eigenvalue weighted by atomic mass is 32.2. The highest BCUT2D eigenvalue weighted by molar-refractivity contribution is 8.21. The summed E-state index contributed by atoms with van der Waals surface area (Å²) in [4.78, 5) is 9.87. The lowest BCUT2D eigenvalue weighted by Crippen LogP contribution is -1.94. The van der Waals surface area contributed by atoms with Crippen molar-refractivity contribution in [2.45, 2.75) is 26.8 Å². The molecule has 0 aliphatic rings. The predicted molar refractivity (Wildman–Crippen MR) is 96.2 cm³/mol. The van der Waals surface area contributed by atoms with E-state index >= 15 is 0 Å². The summed E-state index contributed by atoms with van der Waals surface area (Å²) in [6, 6.07) is 8.67. The molecular formula is C17H21N3S. The molecule has 4 heteroatoms. The fraction of sp³-hybridized carbons (Fsp3) is 0.294. The van der Waals surface area contributed by atoms with Gasteiger partial charge in [0.05, 0.1) is 5.04 Å². The van der Waals surface area contributed by atoms with Crippen LogP contribution in [0.1, 0.15) is 26.3 Å². The van der Waals surface area contributed by atoms with E-state index in [-0.39, 0.29) is 0 Å². The average Bonchev–Trinajstić information content (AvgIpc) is 2.45. The lowest BCUT2D eigenvalue weighted by Gasteiger charge is -2.08. The van der Waals surface area contributed by atoms with E-state index in [1.165, 1.54) is 0 Å². The molecule has 0 bridgehead atoms. The largest absolute Gasteiger partial charge is 0.373 e. The Hall–Kier alpha value is -1.81. The monoisotopic (exact) mass is 299 g/mol. The van der Waals surface area contributed by atoms with Gasteiger partial charge in [-0.25, -0.2) is 4.98 Å². The Morgan fingerprint density at radius 3 is 2.71 bits per heavy atom. The van der Waals surface area contributed by atoms with Crippen molar-refractivity contribution in [1.82, 2.24) is 4.98 Å². The second kappa shape index (κ2) is 6.76. The number of pyridine rings is 1. The van der Waals surface area contributed by atoms with Gasteiger partial charge >= 0.3 is 0 Å². The minimum atomic E-state index is 0.311. The first-order valence-corrected chi connectivity index (χ1v) is 7.80. The maximum atomic E-state index is 4.53. The van der Waals surface area contributed by atoms with Gasteiger partial charge < -0.3 is 5.32 Å². The second-order valence-corrected chi connectivity index (χ2v) is 6.44. The number of rotatable bonds is 4. The van der Waals surface area contributed by atoms with Crippen LogP contribution < -0.4 is 5.32 Å². The Morgan fingerprint density at radius 2 is 2.05 bits per heavy atom. The number of fused-ring (bicyclic) bond motifs is 1. The summed E-state index contributed by atoms with van der Waals surface area (Å²) in [6.07, 6.45) is 1.88. The average molecular weight is 299 g/mol. The SMILES string of the molecule is C=C(SC(C)=NC(C)C)c1ccc2cnc(NC)cc2c1. The van der Waals surface area contributed by atoms with E-state index in [1.807, 2.05) is 26.2 Å². The number of benzene rings is 1. The highest BCUT2D eigenvalue weighted by Gasteiger charge is 2.05. The third kappa shape index (κ3) is 4.08. The predicted octanol–water partition coefficient (Wildman–Crippen LogP) is 4.81. The number of aromatic nitrogens is 1. The van der Waals surface area contributed by atoms with Gasteiger partial charge in [-0.15, -0.1) is 0 Å². The molecule has 1 heterocycles. The smallest absolute Gasteiger partial charge is 0.126 e. The molecule has 1 N–H and O–H groups in total. The van der Waals surface area contributed by atoms with Crippen LogP contribution in [0, 0.1) is 0 Å². The summed E-state index contributed by atoms with van der Waals surface area (Å²) in [5.41, 5.74) is 1.12. The quantitative estimate of drug-likeness (QED) is 0.650. The molecule has 2 aromatic rings. The summed E-state index contributed by atoms with van der Waals surface area (Å²) in [7, 11) is 1.87. The van der Waals surface area contributed by atoms with Gasteiger partial charge in [0.2, 0.25) is 0 Å². The molecule has 3 nitrogen and oxygen atoms in total. The van der Waals surface area contributed by atoms with Crippen LogP contribution in [0.15, 0.2) is 42.0 Å². The van der Waals surface area contributed by atoms with Gasteiger partial charge in [0.15, 0.2) is 0 Å². The molecule has 0 saturated heterocycles. The lowest BCUT2D eigenvalue weighted by molar-refractivity contribution is 0.839. The lowest BCUT2D eigenvalue weighted by atomic mass is 10.1. The van der Waals surface area contributed by atoms with Gasteiger partial charge in [0.25, 0.3) is 0 Å². The highest BCUT2D eigenvalue weighted by Crippen LogP contribution is 2.29. The maximum Gasteiger partial charge on any atom is 0.126 e. The molecule has 0 aliphatic carbocycles. The van der Waals surface area contributed by atoms with Crippen LogP contribution in [0.5, 0.6) is 0 Å². The first-order valence-electron chi connectivity index (χ1n) is 6.98. The molecule has 0 radical (unpaired) electrons. The Kier molecular flexibility index (Phi) is 5.02. The zero-order chi connectivity index (χ0) is 15.4. The third-order valence-electron chi connectivity index (χ3n) is 3.01. The number of anilines is 1. The van der Waals surface area contributed by atoms with Crippen molar-refractivity contribution in [2.24, 2.45) is 4.99 Å². The summed E-state index contributed by atoms with van der Waals surface area (Å²) < 4.78 is 0. The van der Waals surface area contributed by atoms with Crippen molar-refractivity contribution >= 4 is 38.3 Å². The molecule has 0 atom stereocenters. The zero-order valence-corrected chi connectivity index (χ0v) is 13.8. The van der Waals surface area contributed by atoms with Crippen molar-refractivity contribution in [1.29, 1.82) is 0 Å². The van der Waals surface area contributed by atoms with E-state index in [2.05, 4.69) is 53.9 Å². The fourth-order valence-electron chi connectivity index (χ4n) is 2.08. The Labute approximate surface area is 130 Å². The van der Waals surface area contributed by atoms with E-state index in [9.17, 15) is 0 Å². The molecule has 2 rings (SSSR count). The molecule has 1 aromatic heterocycles. The third-order valence-corrected chi connectivity index (χ3v) is 3.89. The van der Waals surface area contributed by atoms with Crippen molar-refractivity contribution in [3.8, 4) is 0 Å². The number of nitrogens with one attached hydrogen (secondary N) is 1. The first-order chi connectivity index (χ1) is 9.99. The zero-order valence-electron chi connectivity index (χ0n) is 13.0. The van der Waals surface area contributed by atoms with Crippen molar-refractivity contribution < 1.29 is 0 Å². The molecule has 0 aliphatic heterocycles. The standard InChI is InChI=1S/C17H21N3S/c1-11(2)20-13(4)21-12(3)14-6-7-15-10-19-17(18-5)9-16(15)8-14/h6-11H,3H2,1-2,4-5H3,(H,18,19). The van der Waals surface area contributed by atoms with Crippen LogP contribution in [0.25, 0.3) is 15.7 Å². The van der Waals surface area contributed by atoms with Gasteiger partial charge in [-0.1, -0.05) is 30.5 Å². The fourth-order valence-corrected chi connectivity index (χ4v) is 2.94. The number of hydrogen-bond acceptors (Lipinski definition) is 4. The van der Waals surface area contributed by atoms with Gasteiger partial charge in [0.1, 0.15) is 5.82 Å². The number of thioether (sulfide) groups is 1. The number of hydrogen-bond donors (Lipinski definition) is 1. The number of nitrogens with zero attached hydrogens (tertiary/aromatic N) is 2. The Morgan fingerprint density at radius 1 is 1.29 bits per heavy atom. The summed E-state index contributed by atoms with van der Waals surface area (Å²) in [5, 5.41) is 6.39. The normalized spacial score (nSPS) is 12.0. The van der Waals surface area contributed by atoms with Crippen LogP contribution in [-0.4, -0.2) is 23.1 Å². The minimum Gasteiger partial charge on any atom is -0.373 e. The number of aliphatic imine (C=N–C) groups is 1. The minimum absolute atomic E-state index is 0.311. The molecule has 0 saturated carbocycles. The van der Waals surface area contributed by atoms with E-state index in [1.54, 1.807) is 11.8 Å². The maximum absolute atomic E-state index is 4.53. The molecule has 0 fully saturated rings. The molecule has 21 heavy (non-hydrogen) atoms. The van der Waals surface area contributed by atoms with Crippen LogP contribution >= 0.6 is 11.8 Å². The van der Waals surface area contributed by atoms with Crippen LogP contribution in [0.3, 0.4) is 0 Å². The van der Waals surface area contributed by atoms with E-state index < -0.39 is 0 Å². The first kappa shape index (κ1) is 15.6. The van der Waals surface area contributed by atoms with E-state index in [0.29, 0.717) is 6.04 Å². The molecule has 110 valence electrons. The second-order valence-electron chi connectivity index (χ2n) is 5.15. The van der Waals surface area contributed by atoms with Crippen molar-refractivity contribution in [2.75, 3.05) is 12.4 Å². The van der Waals surface area contributed by atoms with Crippen molar-refractivity contribution in [3.05, 3.63) is 42.6 Å². The van der Waals surface area contributed by atoms with Gasteiger partial charge in [0, 0.05) is 29.6 Å². The molecule has 0 spiro atoms. The topological polar surface area (TPSA) is 37.3 Å². The van der Waals surface area contributed by atoms with Crippen molar-refractivity contribution in [3.63, 3.8) is 0 Å². The van der Waals surface area contributed by atoms with Crippen LogP contribution in [0.2, 0.25) is 0 Å². The Bertz CT molecular complexity index is 689. The summed E-state index contributed by atoms with van der Waals surface area (Å²) in [5.74, 6) is 0.871. The summed E-state index contributed by atoms with van der Waals surface area (Å²) in [6.45, 7) is 10.4. The summed E-state index contributed by atoms with van der Waals surface area (Å²) >= 11 is 1.62. The van der Waals surface area contributed by atoms with E-state index in [4.69, 9.17) is 0 Å². The molecular weight excluding hydrogens is 278 g/mol. The molecule has 0 unspecified atom stereocenters. The van der Waals surface area contributed by atoms with E-state index in [0.717, 1.165) is 32.1 Å².